The molecule has 1 N–H and O–H groups in total. The zero-order valence-electron chi connectivity index (χ0n) is 14.4. The number of rotatable bonds is 4. The molecule has 1 saturated heterocycles. The van der Waals surface area contributed by atoms with E-state index in [1.54, 1.807) is 18.5 Å². The summed E-state index contributed by atoms with van der Waals surface area (Å²) < 4.78 is 0. The molecule has 5 nitrogen and oxygen atoms in total. The molecule has 0 radical (unpaired) electrons. The van der Waals surface area contributed by atoms with Crippen molar-refractivity contribution in [3.8, 4) is 0 Å². The van der Waals surface area contributed by atoms with Crippen LogP contribution in [-0.4, -0.2) is 34.8 Å². The van der Waals surface area contributed by atoms with Crippen molar-refractivity contribution in [2.45, 2.75) is 38.6 Å². The first-order valence-electron chi connectivity index (χ1n) is 8.69. The van der Waals surface area contributed by atoms with Crippen molar-refractivity contribution in [3.05, 3.63) is 52.0 Å². The van der Waals surface area contributed by atoms with Crippen LogP contribution in [0.1, 0.15) is 51.8 Å². The van der Waals surface area contributed by atoms with Crippen LogP contribution in [-0.2, 0) is 4.79 Å². The SMILES string of the molecule is Cc1ccc(C(=O)NCC(=O)N2CCCCC[C@@H]2c2ccncc2)s1. The van der Waals surface area contributed by atoms with Gasteiger partial charge in [0.1, 0.15) is 0 Å². The largest absolute Gasteiger partial charge is 0.342 e. The molecule has 132 valence electrons. The molecule has 0 aliphatic carbocycles. The first-order chi connectivity index (χ1) is 12.1. The lowest BCUT2D eigenvalue weighted by Gasteiger charge is -2.30. The monoisotopic (exact) mass is 357 g/mol. The summed E-state index contributed by atoms with van der Waals surface area (Å²) in [6.07, 6.45) is 7.73. The van der Waals surface area contributed by atoms with Crippen LogP contribution in [0.4, 0.5) is 0 Å². The number of hydrogen-bond acceptors (Lipinski definition) is 4. The highest BCUT2D eigenvalue weighted by Gasteiger charge is 2.26. The van der Waals surface area contributed by atoms with Crippen molar-refractivity contribution in [1.29, 1.82) is 0 Å². The maximum atomic E-state index is 12.8. The fourth-order valence-corrected chi connectivity index (χ4v) is 4.02. The summed E-state index contributed by atoms with van der Waals surface area (Å²) in [5.41, 5.74) is 1.12. The van der Waals surface area contributed by atoms with E-state index < -0.39 is 0 Å². The van der Waals surface area contributed by atoms with Crippen LogP contribution in [0.15, 0.2) is 36.7 Å². The minimum atomic E-state index is -0.179. The fourth-order valence-electron chi connectivity index (χ4n) is 3.24. The van der Waals surface area contributed by atoms with Crippen LogP contribution in [0.2, 0.25) is 0 Å². The smallest absolute Gasteiger partial charge is 0.261 e. The number of amides is 2. The summed E-state index contributed by atoms with van der Waals surface area (Å²) in [6.45, 7) is 2.74. The van der Waals surface area contributed by atoms with Gasteiger partial charge >= 0.3 is 0 Å². The molecular weight excluding hydrogens is 334 g/mol. The van der Waals surface area contributed by atoms with Gasteiger partial charge < -0.3 is 10.2 Å². The summed E-state index contributed by atoms with van der Waals surface area (Å²) in [4.78, 5) is 32.7. The average molecular weight is 357 g/mol. The van der Waals surface area contributed by atoms with Crippen LogP contribution >= 0.6 is 11.3 Å². The van der Waals surface area contributed by atoms with Gasteiger partial charge in [0.2, 0.25) is 5.91 Å². The predicted octanol–water partition coefficient (Wildman–Crippen LogP) is 3.33. The van der Waals surface area contributed by atoms with Crippen LogP contribution in [0.25, 0.3) is 0 Å². The van der Waals surface area contributed by atoms with E-state index in [0.717, 1.165) is 42.7 Å². The molecule has 2 aromatic heterocycles. The van der Waals surface area contributed by atoms with Gasteiger partial charge in [-0.2, -0.15) is 0 Å². The number of likely N-dealkylation sites (tertiary alicyclic amines) is 1. The third kappa shape index (κ3) is 4.45. The number of aromatic nitrogens is 1. The molecule has 0 bridgehead atoms. The molecule has 1 aliphatic rings. The molecule has 3 rings (SSSR count). The summed E-state index contributed by atoms with van der Waals surface area (Å²) in [7, 11) is 0. The molecular formula is C19H23N3O2S. The van der Waals surface area contributed by atoms with Crippen molar-refractivity contribution >= 4 is 23.2 Å². The molecule has 0 unspecified atom stereocenters. The van der Waals surface area contributed by atoms with Crippen LogP contribution in [0.3, 0.4) is 0 Å². The molecule has 3 heterocycles. The summed E-state index contributed by atoms with van der Waals surface area (Å²) in [6, 6.07) is 7.73. The van der Waals surface area contributed by atoms with Gasteiger partial charge in [-0.25, -0.2) is 0 Å². The van der Waals surface area contributed by atoms with Gasteiger partial charge in [0.15, 0.2) is 0 Å². The number of nitrogens with zero attached hydrogens (tertiary/aromatic N) is 2. The second kappa shape index (κ2) is 8.25. The van der Waals surface area contributed by atoms with Crippen molar-refractivity contribution < 1.29 is 9.59 Å². The highest BCUT2D eigenvalue weighted by Crippen LogP contribution is 2.29. The first kappa shape index (κ1) is 17.6. The summed E-state index contributed by atoms with van der Waals surface area (Å²) >= 11 is 1.44. The molecule has 0 saturated carbocycles. The van der Waals surface area contributed by atoms with Crippen molar-refractivity contribution in [1.82, 2.24) is 15.2 Å². The van der Waals surface area contributed by atoms with E-state index in [-0.39, 0.29) is 24.4 Å². The summed E-state index contributed by atoms with van der Waals surface area (Å²) in [5.74, 6) is -0.202. The number of carbonyl (C=O) groups is 2. The Hall–Kier alpha value is -2.21. The molecule has 6 heteroatoms. The van der Waals surface area contributed by atoms with Crippen molar-refractivity contribution in [2.24, 2.45) is 0 Å². The molecule has 1 fully saturated rings. The Kier molecular flexibility index (Phi) is 5.81. The van der Waals surface area contributed by atoms with E-state index in [0.29, 0.717) is 4.88 Å². The highest BCUT2D eigenvalue weighted by molar-refractivity contribution is 7.13. The summed E-state index contributed by atoms with van der Waals surface area (Å²) in [5, 5.41) is 2.77. The van der Waals surface area contributed by atoms with E-state index in [1.807, 2.05) is 30.0 Å². The second-order valence-electron chi connectivity index (χ2n) is 6.33. The highest BCUT2D eigenvalue weighted by atomic mass is 32.1. The minimum Gasteiger partial charge on any atom is -0.342 e. The lowest BCUT2D eigenvalue weighted by atomic mass is 10.0. The average Bonchev–Trinajstić information content (AvgIpc) is 2.92. The normalized spacial score (nSPS) is 17.8. The molecule has 2 aromatic rings. The zero-order valence-corrected chi connectivity index (χ0v) is 15.2. The Morgan fingerprint density at radius 1 is 1.20 bits per heavy atom. The predicted molar refractivity (Wildman–Crippen MR) is 98.5 cm³/mol. The maximum Gasteiger partial charge on any atom is 0.261 e. The Labute approximate surface area is 152 Å². The lowest BCUT2D eigenvalue weighted by molar-refractivity contribution is -0.132. The molecule has 0 spiro atoms. The Morgan fingerprint density at radius 2 is 2.00 bits per heavy atom. The van der Waals surface area contributed by atoms with Crippen molar-refractivity contribution in [2.75, 3.05) is 13.1 Å². The van der Waals surface area contributed by atoms with Crippen molar-refractivity contribution in [3.63, 3.8) is 0 Å². The molecule has 1 aliphatic heterocycles. The molecule has 1 atom stereocenters. The van der Waals surface area contributed by atoms with E-state index in [4.69, 9.17) is 0 Å². The molecule has 25 heavy (non-hydrogen) atoms. The van der Waals surface area contributed by atoms with Gasteiger partial charge in [-0.3, -0.25) is 14.6 Å². The van der Waals surface area contributed by atoms with Crippen LogP contribution < -0.4 is 5.32 Å². The van der Waals surface area contributed by atoms with E-state index in [1.165, 1.54) is 11.3 Å². The number of carbonyl (C=O) groups excluding carboxylic acids is 2. The Bertz CT molecular complexity index is 729. The topological polar surface area (TPSA) is 62.3 Å². The number of aryl methyl sites for hydroxylation is 1. The molecule has 0 aromatic carbocycles. The molecule has 2 amide bonds. The number of thiophene rings is 1. The van der Waals surface area contributed by atoms with Crippen LogP contribution in [0.5, 0.6) is 0 Å². The van der Waals surface area contributed by atoms with Gasteiger partial charge in [-0.1, -0.05) is 12.8 Å². The number of pyridine rings is 1. The van der Waals surface area contributed by atoms with Gasteiger partial charge in [-0.15, -0.1) is 11.3 Å². The van der Waals surface area contributed by atoms with Gasteiger partial charge in [-0.05, 0) is 49.6 Å². The number of nitrogens with one attached hydrogen (secondary N) is 1. The van der Waals surface area contributed by atoms with Gasteiger partial charge in [0.05, 0.1) is 17.5 Å². The fraction of sp³-hybridized carbons (Fsp3) is 0.421. The van der Waals surface area contributed by atoms with Gasteiger partial charge in [0, 0.05) is 23.8 Å². The zero-order chi connectivity index (χ0) is 17.6. The standard InChI is InChI=1S/C19H23N3O2S/c1-14-6-7-17(25-14)19(24)21-13-18(23)22-12-4-2-3-5-16(22)15-8-10-20-11-9-15/h6-11,16H,2-5,12-13H2,1H3,(H,21,24)/t16-/m1/s1. The van der Waals surface area contributed by atoms with Gasteiger partial charge in [0.25, 0.3) is 5.91 Å². The Balaban J connectivity index is 1.66. The quantitative estimate of drug-likeness (QED) is 0.913. The minimum absolute atomic E-state index is 0.0228. The van der Waals surface area contributed by atoms with E-state index >= 15 is 0 Å². The Morgan fingerprint density at radius 3 is 2.72 bits per heavy atom. The lowest BCUT2D eigenvalue weighted by Crippen LogP contribution is -2.42. The first-order valence-corrected chi connectivity index (χ1v) is 9.51. The maximum absolute atomic E-state index is 12.8. The van der Waals surface area contributed by atoms with E-state index in [9.17, 15) is 9.59 Å². The van der Waals surface area contributed by atoms with E-state index in [2.05, 4.69) is 10.3 Å². The third-order valence-electron chi connectivity index (χ3n) is 4.53. The second-order valence-corrected chi connectivity index (χ2v) is 7.61. The number of hydrogen-bond donors (Lipinski definition) is 1. The third-order valence-corrected chi connectivity index (χ3v) is 5.53. The van der Waals surface area contributed by atoms with Crippen LogP contribution in [0, 0.1) is 6.92 Å².